The lowest BCUT2D eigenvalue weighted by Crippen LogP contribution is -2.46. The molecule has 9 aromatic rings. The number of hydrogen-bond donors (Lipinski definition) is 11. The number of thiazole rings is 6. The molecular formula is C60H54N14O13S6. The second kappa shape index (κ2) is 28.4. The minimum atomic E-state index is -1.47. The molecule has 1 aliphatic heterocycles. The van der Waals surface area contributed by atoms with Crippen molar-refractivity contribution < 1.29 is 63.5 Å². The quantitative estimate of drug-likeness (QED) is 0.0154. The van der Waals surface area contributed by atoms with Gasteiger partial charge in [0.05, 0.1) is 42.1 Å². The number of nitrogens with two attached hydrogens (primary N) is 2. The summed E-state index contributed by atoms with van der Waals surface area (Å²) in [4.78, 5) is 124. The number of cyclic esters (lactones) is 1. The summed E-state index contributed by atoms with van der Waals surface area (Å²) in [7, 11) is 0. The van der Waals surface area contributed by atoms with Crippen LogP contribution in [0.3, 0.4) is 0 Å². The minimum absolute atomic E-state index is 0.0503. The van der Waals surface area contributed by atoms with E-state index in [1.54, 1.807) is 73.1 Å². The fourth-order valence-electron chi connectivity index (χ4n) is 9.25. The highest BCUT2D eigenvalue weighted by atomic mass is 32.1. The molecule has 0 spiro atoms. The van der Waals surface area contributed by atoms with E-state index in [2.05, 4.69) is 66.3 Å². The van der Waals surface area contributed by atoms with E-state index in [1.807, 2.05) is 0 Å². The number of phenolic OH excluding ortho intramolecular Hbond substituents is 1. The zero-order valence-electron chi connectivity index (χ0n) is 48.7. The molecule has 13 N–H and O–H groups in total. The Hall–Kier alpha value is -9.84. The molecular weight excluding hydrogens is 1320 g/mol. The van der Waals surface area contributed by atoms with Crippen molar-refractivity contribution in [1.29, 1.82) is 0 Å². The summed E-state index contributed by atoms with van der Waals surface area (Å²) in [5.74, 6) is -7.42. The fraction of sp³-hybridized carbons (Fsp3) is 0.200. The fourth-order valence-corrected chi connectivity index (χ4v) is 14.5. The number of pyridine rings is 1. The molecule has 8 heterocycles. The van der Waals surface area contributed by atoms with Gasteiger partial charge in [0.1, 0.15) is 95.0 Å². The predicted octanol–water partition coefficient (Wildman–Crippen LogP) is 6.13. The summed E-state index contributed by atoms with van der Waals surface area (Å²) in [5, 5.41) is 78.6. The van der Waals surface area contributed by atoms with Crippen LogP contribution >= 0.6 is 68.0 Å². The molecule has 93 heavy (non-hydrogen) atoms. The first kappa shape index (κ1) is 66.1. The molecule has 7 atom stereocenters. The van der Waals surface area contributed by atoms with Gasteiger partial charge in [-0.15, -0.1) is 68.0 Å². The molecule has 7 unspecified atom stereocenters. The third kappa shape index (κ3) is 14.9. The van der Waals surface area contributed by atoms with Crippen LogP contribution in [0, 0.1) is 18.0 Å². The number of aromatic nitrogens is 7. The Kier molecular flexibility index (Phi) is 20.1. The first-order chi connectivity index (χ1) is 44.4. The van der Waals surface area contributed by atoms with Gasteiger partial charge in [-0.2, -0.15) is 4.73 Å². The van der Waals surface area contributed by atoms with Gasteiger partial charge in [-0.05, 0) is 36.2 Å². The average Bonchev–Trinajstić information content (AvgIpc) is 1.68. The van der Waals surface area contributed by atoms with Gasteiger partial charge in [0.15, 0.2) is 5.01 Å². The van der Waals surface area contributed by atoms with Crippen LogP contribution in [-0.4, -0.2) is 110 Å². The van der Waals surface area contributed by atoms with Crippen molar-refractivity contribution in [2.75, 3.05) is 6.61 Å². The maximum absolute atomic E-state index is 15.0. The number of amides is 6. The van der Waals surface area contributed by atoms with Gasteiger partial charge < -0.3 is 68.4 Å². The number of carbonyl (C=O) groups is 7. The van der Waals surface area contributed by atoms with E-state index in [0.717, 1.165) is 68.0 Å². The highest BCUT2D eigenvalue weighted by Gasteiger charge is 2.36. The third-order valence-electron chi connectivity index (χ3n) is 14.3. The Labute approximate surface area is 551 Å². The van der Waals surface area contributed by atoms with Crippen LogP contribution in [0.2, 0.25) is 0 Å². The number of hydrogen-bond acceptors (Lipinski definition) is 26. The van der Waals surface area contributed by atoms with E-state index in [0.29, 0.717) is 36.4 Å². The SMILES string of the molecule is C=C(O)C(=C)NC(=O)C(=C)NC(=O)c1csc(-c2ccc3c([n+]2[O-])-c2csc(n2)-c2csc(n2)C(N)C(C)C(CO)OC(=O)C(Cc2ccc(O)cc2)NC(=O)c2csc(n2)C(C(O)c2ccccc2)NC(=O)c2nc(sc2C)C(CC(N)=O)NC(=O)c2csc-3n2)n1. The highest BCUT2D eigenvalue weighted by molar-refractivity contribution is 7.15. The molecule has 0 radical (unpaired) electrons. The number of carbonyl (C=O) groups excluding carboxylic acids is 7. The number of primary amides is 1. The van der Waals surface area contributed by atoms with Gasteiger partial charge in [-0.25, -0.2) is 34.7 Å². The Morgan fingerprint density at radius 3 is 2.08 bits per heavy atom. The number of phenols is 1. The number of aryl methyl sites for hydroxylation is 1. The summed E-state index contributed by atoms with van der Waals surface area (Å²) in [5.41, 5.74) is 12.5. The number of benzene rings is 2. The summed E-state index contributed by atoms with van der Waals surface area (Å²) in [6.07, 6.45) is -3.37. The van der Waals surface area contributed by atoms with Gasteiger partial charge in [-0.3, -0.25) is 28.8 Å². The zero-order chi connectivity index (χ0) is 66.5. The third-order valence-corrected chi connectivity index (χ3v) is 19.9. The Bertz CT molecular complexity index is 4410. The first-order valence-corrected chi connectivity index (χ1v) is 32.9. The number of rotatable bonds is 13. The van der Waals surface area contributed by atoms with E-state index in [1.165, 1.54) is 34.3 Å². The molecule has 0 saturated carbocycles. The number of nitrogens with zero attached hydrogens (tertiary/aromatic N) is 7. The predicted molar refractivity (Wildman–Crippen MR) is 346 cm³/mol. The second-order valence-corrected chi connectivity index (χ2v) is 26.3. The standard InChI is InChI=1S/C60H54N14O13S6/c1-25-42(19-75)87-60(85)35(17-30-11-13-32(77)14-12-30)66-52(83)39-23-92-59(70-39)46(48(79)31-9-7-6-8-10-31)72-53(84)45-29(5)93-56(73-45)34(18-43(61)78)65-51(82)38-21-88-54(68-38)33-15-16-41(57-69-37(22-90-57)50(81)64-27(3)49(80)63-26(2)28(4)76)74(86)47(33)36-20-89-55(67-36)40-24-91-58(71-40)44(25)62/h6-16,20-25,34-35,42,44,46,48,75-77,79H,2-4,17-19,62H2,1,5H3,(H2,61,78)(H,63,80)(H,64,81)(H,65,82)(H,66,83)(H,72,84). The Morgan fingerprint density at radius 1 is 0.731 bits per heavy atom. The lowest BCUT2D eigenvalue weighted by molar-refractivity contribution is -0.581. The molecule has 10 rings (SSSR count). The second-order valence-electron chi connectivity index (χ2n) is 20.7. The topological polar surface area (TPSA) is 426 Å². The minimum Gasteiger partial charge on any atom is -0.618 e. The Balaban J connectivity index is 1.04. The first-order valence-electron chi connectivity index (χ1n) is 27.6. The van der Waals surface area contributed by atoms with E-state index in [4.69, 9.17) is 26.2 Å². The van der Waals surface area contributed by atoms with Crippen molar-refractivity contribution in [3.63, 3.8) is 0 Å². The monoisotopic (exact) mass is 1370 g/mol. The number of nitrogens with one attached hydrogen (secondary N) is 5. The number of aromatic hydroxyl groups is 1. The van der Waals surface area contributed by atoms with Crippen LogP contribution < -0.4 is 42.8 Å². The largest absolute Gasteiger partial charge is 0.618 e. The molecule has 0 saturated heterocycles. The number of aliphatic hydroxyl groups excluding tert-OH is 3. The van der Waals surface area contributed by atoms with E-state index >= 15 is 5.21 Å². The molecule has 0 fully saturated rings. The molecule has 1 aliphatic rings. The van der Waals surface area contributed by atoms with Crippen LogP contribution in [0.4, 0.5) is 0 Å². The summed E-state index contributed by atoms with van der Waals surface area (Å²) < 4.78 is 6.49. The van der Waals surface area contributed by atoms with Gasteiger partial charge in [0, 0.05) is 50.2 Å². The van der Waals surface area contributed by atoms with Gasteiger partial charge in [0.25, 0.3) is 40.9 Å². The van der Waals surface area contributed by atoms with E-state index < -0.39 is 108 Å². The Morgan fingerprint density at radius 2 is 1.37 bits per heavy atom. The normalized spacial score (nSPS) is 18.2. The van der Waals surface area contributed by atoms with Crippen molar-refractivity contribution in [3.8, 4) is 49.1 Å². The molecule has 27 nitrogen and oxygen atoms in total. The maximum Gasteiger partial charge on any atom is 0.329 e. The lowest BCUT2D eigenvalue weighted by atomic mass is 9.96. The lowest BCUT2D eigenvalue weighted by Gasteiger charge is -2.28. The molecule has 10 bridgehead atoms. The van der Waals surface area contributed by atoms with Crippen LogP contribution in [-0.2, 0) is 25.5 Å². The van der Waals surface area contributed by atoms with E-state index in [9.17, 15) is 54.0 Å². The number of fused-ring (bicyclic) bond motifs is 14. The molecule has 478 valence electrons. The molecule has 7 aromatic heterocycles. The highest BCUT2D eigenvalue weighted by Crippen LogP contribution is 2.39. The number of aliphatic hydroxyl groups is 3. The van der Waals surface area contributed by atoms with Crippen molar-refractivity contribution in [2.45, 2.75) is 63.1 Å². The van der Waals surface area contributed by atoms with Crippen LogP contribution in [0.15, 0.2) is 131 Å². The smallest absolute Gasteiger partial charge is 0.329 e. The van der Waals surface area contributed by atoms with Crippen molar-refractivity contribution in [3.05, 3.63) is 190 Å². The van der Waals surface area contributed by atoms with Gasteiger partial charge >= 0.3 is 5.97 Å². The van der Waals surface area contributed by atoms with Crippen molar-refractivity contribution in [1.82, 2.24) is 56.5 Å². The van der Waals surface area contributed by atoms with Crippen LogP contribution in [0.5, 0.6) is 5.75 Å². The average molecular weight is 1370 g/mol. The summed E-state index contributed by atoms with van der Waals surface area (Å²) in [6.45, 7) is 12.8. The van der Waals surface area contributed by atoms with Gasteiger partial charge in [-0.1, -0.05) is 69.1 Å². The van der Waals surface area contributed by atoms with Crippen molar-refractivity contribution >= 4 is 109 Å². The number of esters is 1. The number of ether oxygens (including phenoxy) is 1. The molecule has 0 aliphatic carbocycles. The van der Waals surface area contributed by atoms with Gasteiger partial charge in [0.2, 0.25) is 5.91 Å². The maximum atomic E-state index is 15.0. The molecule has 6 amide bonds. The van der Waals surface area contributed by atoms with Crippen molar-refractivity contribution in [2.24, 2.45) is 17.4 Å². The van der Waals surface area contributed by atoms with Crippen LogP contribution in [0.25, 0.3) is 43.4 Å². The van der Waals surface area contributed by atoms with E-state index in [-0.39, 0.29) is 83.3 Å². The summed E-state index contributed by atoms with van der Waals surface area (Å²) in [6, 6.07) is 12.2. The zero-order valence-corrected chi connectivity index (χ0v) is 53.6. The summed E-state index contributed by atoms with van der Waals surface area (Å²) >= 11 is 6.06. The molecule has 33 heteroatoms. The van der Waals surface area contributed by atoms with Crippen LogP contribution in [0.1, 0.15) is 111 Å². The molecule has 2 aromatic carbocycles.